The number of carbonyl (C=O) groups is 2. The molecule has 0 saturated carbocycles. The first-order valence-corrected chi connectivity index (χ1v) is 7.47. The molecule has 2 heterocycles. The predicted molar refractivity (Wildman–Crippen MR) is 80.3 cm³/mol. The van der Waals surface area contributed by atoms with E-state index in [0.29, 0.717) is 17.9 Å². The number of hydrogen-bond donors (Lipinski definition) is 0. The number of fused-ring (bicyclic) bond motifs is 2. The van der Waals surface area contributed by atoms with E-state index in [1.807, 2.05) is 48.5 Å². The van der Waals surface area contributed by atoms with Gasteiger partial charge in [0.2, 0.25) is 6.10 Å². The van der Waals surface area contributed by atoms with Gasteiger partial charge in [0.1, 0.15) is 17.4 Å². The second kappa shape index (κ2) is 5.43. The largest absolute Gasteiger partial charge is 0.463 e. The van der Waals surface area contributed by atoms with Crippen LogP contribution in [0.3, 0.4) is 0 Å². The average Bonchev–Trinajstić information content (AvgIpc) is 2.97. The Balaban J connectivity index is 1.72. The predicted octanol–water partition coefficient (Wildman–Crippen LogP) is 2.78. The molecular formula is C18H14O5. The summed E-state index contributed by atoms with van der Waals surface area (Å²) in [7, 11) is 0. The molecule has 1 atom stereocenters. The summed E-state index contributed by atoms with van der Waals surface area (Å²) < 4.78 is 16.1. The Morgan fingerprint density at radius 2 is 1.61 bits per heavy atom. The van der Waals surface area contributed by atoms with E-state index in [2.05, 4.69) is 0 Å². The van der Waals surface area contributed by atoms with Gasteiger partial charge in [0.15, 0.2) is 0 Å². The molecular weight excluding hydrogens is 296 g/mol. The molecule has 0 bridgehead atoms. The molecule has 0 unspecified atom stereocenters. The molecule has 0 aliphatic carbocycles. The lowest BCUT2D eigenvalue weighted by atomic mass is 9.88. The van der Waals surface area contributed by atoms with E-state index in [4.69, 9.17) is 14.2 Å². The lowest BCUT2D eigenvalue weighted by Gasteiger charge is -2.27. The van der Waals surface area contributed by atoms with Gasteiger partial charge in [-0.3, -0.25) is 4.79 Å². The molecule has 116 valence electrons. The van der Waals surface area contributed by atoms with Gasteiger partial charge in [-0.2, -0.15) is 0 Å². The Labute approximate surface area is 132 Å². The van der Waals surface area contributed by atoms with Crippen molar-refractivity contribution in [3.8, 4) is 11.5 Å². The summed E-state index contributed by atoms with van der Waals surface area (Å²) >= 11 is 0. The van der Waals surface area contributed by atoms with Crippen molar-refractivity contribution in [3.05, 3.63) is 59.7 Å². The van der Waals surface area contributed by atoms with Crippen LogP contribution in [0.1, 0.15) is 23.5 Å². The molecule has 1 saturated heterocycles. The van der Waals surface area contributed by atoms with Gasteiger partial charge in [0.05, 0.1) is 6.61 Å². The van der Waals surface area contributed by atoms with Crippen molar-refractivity contribution in [2.75, 3.05) is 6.61 Å². The second-order valence-corrected chi connectivity index (χ2v) is 5.49. The van der Waals surface area contributed by atoms with E-state index in [1.54, 1.807) is 0 Å². The molecule has 23 heavy (non-hydrogen) atoms. The third-order valence-corrected chi connectivity index (χ3v) is 4.06. The molecule has 0 radical (unpaired) electrons. The quantitative estimate of drug-likeness (QED) is 0.798. The Morgan fingerprint density at radius 3 is 2.17 bits per heavy atom. The molecule has 2 aliphatic heterocycles. The molecule has 2 aromatic rings. The first kappa shape index (κ1) is 13.8. The summed E-state index contributed by atoms with van der Waals surface area (Å²) in [6.07, 6.45) is -0.415. The summed E-state index contributed by atoms with van der Waals surface area (Å²) in [4.78, 5) is 24.3. The molecule has 2 aliphatic rings. The molecule has 0 spiro atoms. The van der Waals surface area contributed by atoms with Crippen LogP contribution in [0.5, 0.6) is 11.5 Å². The Hall–Kier alpha value is -2.82. The molecule has 1 fully saturated rings. The highest BCUT2D eigenvalue weighted by atomic mass is 16.6. The van der Waals surface area contributed by atoms with Crippen molar-refractivity contribution in [1.82, 2.24) is 0 Å². The van der Waals surface area contributed by atoms with Crippen molar-refractivity contribution in [2.45, 2.75) is 18.4 Å². The number of carbonyl (C=O) groups excluding carboxylic acids is 2. The van der Waals surface area contributed by atoms with Crippen LogP contribution < -0.4 is 4.74 Å². The number of cyclic esters (lactones) is 1. The maximum atomic E-state index is 12.7. The zero-order chi connectivity index (χ0) is 15.8. The lowest BCUT2D eigenvalue weighted by molar-refractivity contribution is -0.160. The standard InChI is InChI=1S/C18H14O5/c19-17-15(9-10-21-17)23-18(20)16-11-5-1-3-7-13(11)22-14-8-4-2-6-12(14)16/h1-8,15-16H,9-10H2/t15-/m1/s1. The fourth-order valence-corrected chi connectivity index (χ4v) is 2.96. The zero-order valence-corrected chi connectivity index (χ0v) is 12.2. The SMILES string of the molecule is O=C(O[C@@H]1CCOC1=O)C1c2ccccc2Oc2ccccc21. The van der Waals surface area contributed by atoms with E-state index in [9.17, 15) is 9.59 Å². The van der Waals surface area contributed by atoms with Crippen LogP contribution in [0.2, 0.25) is 0 Å². The maximum absolute atomic E-state index is 12.7. The van der Waals surface area contributed by atoms with Crippen LogP contribution in [0.25, 0.3) is 0 Å². The minimum absolute atomic E-state index is 0.289. The molecule has 4 rings (SSSR count). The summed E-state index contributed by atoms with van der Waals surface area (Å²) in [5.74, 6) is -0.294. The Kier molecular flexibility index (Phi) is 3.26. The van der Waals surface area contributed by atoms with Gasteiger partial charge in [0.25, 0.3) is 0 Å². The number of benzene rings is 2. The van der Waals surface area contributed by atoms with Crippen LogP contribution in [0.4, 0.5) is 0 Å². The molecule has 0 N–H and O–H groups in total. The van der Waals surface area contributed by atoms with Gasteiger partial charge >= 0.3 is 11.9 Å². The molecule has 5 heteroatoms. The van der Waals surface area contributed by atoms with Crippen molar-refractivity contribution >= 4 is 11.9 Å². The molecule has 5 nitrogen and oxygen atoms in total. The van der Waals surface area contributed by atoms with Gasteiger partial charge < -0.3 is 14.2 Å². The normalized spacial score (nSPS) is 19.3. The van der Waals surface area contributed by atoms with Crippen LogP contribution in [-0.2, 0) is 19.1 Å². The van der Waals surface area contributed by atoms with E-state index in [1.165, 1.54) is 0 Å². The molecule has 0 aromatic heterocycles. The van der Waals surface area contributed by atoms with Crippen molar-refractivity contribution in [2.24, 2.45) is 0 Å². The third kappa shape index (κ3) is 2.34. The Morgan fingerprint density at radius 1 is 1.00 bits per heavy atom. The smallest absolute Gasteiger partial charge is 0.347 e. The summed E-state index contributed by atoms with van der Waals surface area (Å²) in [6, 6.07) is 14.7. The highest BCUT2D eigenvalue weighted by Crippen LogP contribution is 2.44. The maximum Gasteiger partial charge on any atom is 0.347 e. The number of ether oxygens (including phenoxy) is 3. The van der Waals surface area contributed by atoms with E-state index >= 15 is 0 Å². The van der Waals surface area contributed by atoms with Gasteiger partial charge in [0, 0.05) is 17.5 Å². The number of esters is 2. The van der Waals surface area contributed by atoms with Crippen LogP contribution >= 0.6 is 0 Å². The third-order valence-electron chi connectivity index (χ3n) is 4.06. The van der Waals surface area contributed by atoms with Crippen molar-refractivity contribution < 1.29 is 23.8 Å². The minimum Gasteiger partial charge on any atom is -0.463 e. The van der Waals surface area contributed by atoms with E-state index in [-0.39, 0.29) is 6.61 Å². The Bertz CT molecular complexity index is 737. The van der Waals surface area contributed by atoms with Gasteiger partial charge in [-0.25, -0.2) is 4.79 Å². The first-order chi connectivity index (χ1) is 11.2. The number of hydrogen-bond acceptors (Lipinski definition) is 5. The van der Waals surface area contributed by atoms with Gasteiger partial charge in [-0.1, -0.05) is 36.4 Å². The monoisotopic (exact) mass is 310 g/mol. The summed E-state index contributed by atoms with van der Waals surface area (Å²) in [6.45, 7) is 0.289. The van der Waals surface area contributed by atoms with E-state index in [0.717, 1.165) is 11.1 Å². The fraction of sp³-hybridized carbons (Fsp3) is 0.222. The topological polar surface area (TPSA) is 61.8 Å². The number of para-hydroxylation sites is 2. The molecule has 2 aromatic carbocycles. The van der Waals surface area contributed by atoms with E-state index < -0.39 is 24.0 Å². The minimum atomic E-state index is -0.815. The zero-order valence-electron chi connectivity index (χ0n) is 12.2. The second-order valence-electron chi connectivity index (χ2n) is 5.49. The number of rotatable bonds is 2. The summed E-state index contributed by atoms with van der Waals surface area (Å²) in [5.41, 5.74) is 1.48. The van der Waals surface area contributed by atoms with Crippen molar-refractivity contribution in [1.29, 1.82) is 0 Å². The highest BCUT2D eigenvalue weighted by molar-refractivity contribution is 5.88. The highest BCUT2D eigenvalue weighted by Gasteiger charge is 2.37. The average molecular weight is 310 g/mol. The van der Waals surface area contributed by atoms with Crippen LogP contribution in [0, 0.1) is 0 Å². The molecule has 0 amide bonds. The summed E-state index contributed by atoms with van der Waals surface area (Å²) in [5, 5.41) is 0. The van der Waals surface area contributed by atoms with Gasteiger partial charge in [-0.05, 0) is 12.1 Å². The first-order valence-electron chi connectivity index (χ1n) is 7.47. The van der Waals surface area contributed by atoms with Gasteiger partial charge in [-0.15, -0.1) is 0 Å². The lowest BCUT2D eigenvalue weighted by Crippen LogP contribution is -2.28. The van der Waals surface area contributed by atoms with Crippen LogP contribution in [-0.4, -0.2) is 24.6 Å². The fourth-order valence-electron chi connectivity index (χ4n) is 2.96. The van der Waals surface area contributed by atoms with Crippen molar-refractivity contribution in [3.63, 3.8) is 0 Å². The van der Waals surface area contributed by atoms with Crippen LogP contribution in [0.15, 0.2) is 48.5 Å².